The highest BCUT2D eigenvalue weighted by atomic mass is 32.2. The smallest absolute Gasteiger partial charge is 0.407 e. The maximum atomic E-state index is 13.6. The molecule has 212 valence electrons. The van der Waals surface area contributed by atoms with Gasteiger partial charge in [-0.3, -0.25) is 0 Å². The molecule has 2 heterocycles. The molecule has 4 rings (SSSR count). The highest BCUT2D eigenvalue weighted by Gasteiger charge is 2.29. The zero-order valence-corrected chi connectivity index (χ0v) is 25.0. The van der Waals surface area contributed by atoms with Crippen LogP contribution in [0.25, 0.3) is 21.6 Å². The van der Waals surface area contributed by atoms with Gasteiger partial charge in [-0.25, -0.2) is 27.9 Å². The topological polar surface area (TPSA) is 134 Å². The summed E-state index contributed by atoms with van der Waals surface area (Å²) >= 11 is 1.51. The van der Waals surface area contributed by atoms with E-state index in [1.807, 2.05) is 32.0 Å². The molecule has 9 nitrogen and oxygen atoms in total. The average Bonchev–Trinajstić information content (AvgIpc) is 3.37. The molecule has 1 fully saturated rings. The Kier molecular flexibility index (Phi) is 8.93. The average molecular weight is 582 g/mol. The van der Waals surface area contributed by atoms with Crippen molar-refractivity contribution in [2.75, 3.05) is 0 Å². The summed E-state index contributed by atoms with van der Waals surface area (Å²) in [5.74, 6) is 0.245. The Morgan fingerprint density at radius 1 is 1.07 bits per heavy atom. The van der Waals surface area contributed by atoms with Crippen LogP contribution in [-0.2, 0) is 14.8 Å². The summed E-state index contributed by atoms with van der Waals surface area (Å²) in [5, 5.41) is 13.0. The number of carbonyl (C=O) groups excluding carboxylic acids is 1. The first kappa shape index (κ1) is 29.6. The fourth-order valence-electron chi connectivity index (χ4n) is 4.72. The maximum absolute atomic E-state index is 13.6. The van der Waals surface area contributed by atoms with Gasteiger partial charge in [0.2, 0.25) is 10.0 Å². The van der Waals surface area contributed by atoms with E-state index in [2.05, 4.69) is 20.0 Å². The Bertz CT molecular complexity index is 1490. The molecule has 40 heavy (non-hydrogen) atoms. The second kappa shape index (κ2) is 12.0. The number of nitriles is 1. The largest absolute Gasteiger partial charge is 0.447 e. The number of benzene rings is 1. The van der Waals surface area contributed by atoms with Crippen molar-refractivity contribution >= 4 is 27.5 Å². The minimum atomic E-state index is -3.88. The van der Waals surface area contributed by atoms with Crippen molar-refractivity contribution in [2.24, 2.45) is 0 Å². The minimum Gasteiger partial charge on any atom is -0.447 e. The van der Waals surface area contributed by atoms with Gasteiger partial charge in [0.25, 0.3) is 0 Å². The number of alkyl carbamates (subject to hydrolysis) is 1. The third-order valence-electron chi connectivity index (χ3n) is 6.45. The minimum absolute atomic E-state index is 0.0754. The third kappa shape index (κ3) is 7.44. The lowest BCUT2D eigenvalue weighted by Crippen LogP contribution is -2.40. The second-order valence-corrected chi connectivity index (χ2v) is 14.0. The van der Waals surface area contributed by atoms with E-state index in [4.69, 9.17) is 10.00 Å². The molecule has 0 unspecified atom stereocenters. The number of carbonyl (C=O) groups is 1. The summed E-state index contributed by atoms with van der Waals surface area (Å²) in [4.78, 5) is 21.7. The number of pyridine rings is 1. The Balaban J connectivity index is 1.60. The van der Waals surface area contributed by atoms with E-state index in [0.29, 0.717) is 22.4 Å². The Morgan fingerprint density at radius 3 is 2.38 bits per heavy atom. The van der Waals surface area contributed by atoms with Crippen LogP contribution < -0.4 is 10.0 Å². The van der Waals surface area contributed by atoms with Gasteiger partial charge in [0.1, 0.15) is 11.8 Å². The van der Waals surface area contributed by atoms with E-state index in [1.165, 1.54) is 11.3 Å². The zero-order valence-electron chi connectivity index (χ0n) is 23.4. The van der Waals surface area contributed by atoms with Crippen molar-refractivity contribution in [1.82, 2.24) is 20.0 Å². The van der Waals surface area contributed by atoms with Crippen LogP contribution in [0.2, 0.25) is 0 Å². The number of nitrogens with zero attached hydrogens (tertiary/aromatic N) is 3. The molecule has 1 saturated carbocycles. The number of hydrogen-bond acceptors (Lipinski definition) is 8. The summed E-state index contributed by atoms with van der Waals surface area (Å²) in [6.45, 7) is 9.06. The van der Waals surface area contributed by atoms with Crippen molar-refractivity contribution in [3.63, 3.8) is 0 Å². The molecule has 0 aliphatic heterocycles. The number of thiazole rings is 1. The van der Waals surface area contributed by atoms with Gasteiger partial charge in [-0.1, -0.05) is 12.1 Å². The molecule has 0 atom stereocenters. The number of rotatable bonds is 7. The molecule has 1 amide bonds. The molecule has 2 aromatic heterocycles. The maximum Gasteiger partial charge on any atom is 0.407 e. The first-order valence-corrected chi connectivity index (χ1v) is 15.6. The van der Waals surface area contributed by atoms with Crippen molar-refractivity contribution in [3.8, 4) is 27.6 Å². The summed E-state index contributed by atoms with van der Waals surface area (Å²) in [6, 6.07) is 10.8. The Labute approximate surface area is 240 Å². The van der Waals surface area contributed by atoms with Gasteiger partial charge in [-0.15, -0.1) is 11.3 Å². The predicted molar refractivity (Wildman–Crippen MR) is 155 cm³/mol. The lowest BCUT2D eigenvalue weighted by atomic mass is 9.86. The molecular weight excluding hydrogens is 546 g/mol. The lowest BCUT2D eigenvalue weighted by Gasteiger charge is -2.28. The molecule has 1 aliphatic carbocycles. The normalized spacial score (nSPS) is 17.8. The molecule has 3 aromatic rings. The highest BCUT2D eigenvalue weighted by Crippen LogP contribution is 2.40. The molecule has 1 aliphatic rings. The van der Waals surface area contributed by atoms with Crippen LogP contribution in [0.1, 0.15) is 76.9 Å². The van der Waals surface area contributed by atoms with Gasteiger partial charge in [0.05, 0.1) is 20.9 Å². The van der Waals surface area contributed by atoms with Crippen molar-refractivity contribution < 1.29 is 17.9 Å². The zero-order chi connectivity index (χ0) is 29.1. The van der Waals surface area contributed by atoms with Gasteiger partial charge in [0, 0.05) is 41.0 Å². The fourth-order valence-corrected chi connectivity index (χ4v) is 7.57. The van der Waals surface area contributed by atoms with Crippen LogP contribution in [0.5, 0.6) is 0 Å². The standard InChI is InChI=1S/C29H35N5O4S2/c1-18(2)38-28(35)33-22-10-6-19(7-11-22)27-32-17-25(39-27)24-13-9-20(21-8-12-23(15-30)31-16-21)14-26(24)40(36,37)34-29(3,4)5/h8-9,12-14,16-19,22,34H,6-7,10-11H2,1-5H3,(H,33,35). The van der Waals surface area contributed by atoms with Crippen LogP contribution in [0, 0.1) is 11.3 Å². The van der Waals surface area contributed by atoms with Crippen LogP contribution in [0.15, 0.2) is 47.6 Å². The SMILES string of the molecule is CC(C)OC(=O)NC1CCC(c2ncc(-c3ccc(-c4ccc(C#N)nc4)cc3S(=O)(=O)NC(C)(C)C)s2)CC1. The van der Waals surface area contributed by atoms with Crippen molar-refractivity contribution in [1.29, 1.82) is 5.26 Å². The van der Waals surface area contributed by atoms with E-state index in [-0.39, 0.29) is 29.1 Å². The summed E-state index contributed by atoms with van der Waals surface area (Å²) in [6.07, 6.45) is 6.19. The molecule has 0 bridgehead atoms. The Morgan fingerprint density at radius 2 is 1.77 bits per heavy atom. The fraction of sp³-hybridized carbons (Fsp3) is 0.448. The van der Waals surface area contributed by atoms with E-state index >= 15 is 0 Å². The lowest BCUT2D eigenvalue weighted by molar-refractivity contribution is 0.109. The number of nitrogens with one attached hydrogen (secondary N) is 2. The molecule has 0 saturated heterocycles. The molecule has 1 aromatic carbocycles. The Hall–Kier alpha value is -3.33. The summed E-state index contributed by atoms with van der Waals surface area (Å²) in [7, 11) is -3.88. The van der Waals surface area contributed by atoms with Crippen LogP contribution >= 0.6 is 11.3 Å². The van der Waals surface area contributed by atoms with E-state index < -0.39 is 15.6 Å². The molecule has 2 N–H and O–H groups in total. The van der Waals surface area contributed by atoms with Crippen molar-refractivity contribution in [3.05, 3.63) is 53.4 Å². The van der Waals surface area contributed by atoms with Crippen LogP contribution in [-0.4, -0.2) is 42.2 Å². The van der Waals surface area contributed by atoms with E-state index in [0.717, 1.165) is 35.6 Å². The quantitative estimate of drug-likeness (QED) is 0.350. The van der Waals surface area contributed by atoms with Gasteiger partial charge in [-0.2, -0.15) is 5.26 Å². The van der Waals surface area contributed by atoms with E-state index in [9.17, 15) is 13.2 Å². The van der Waals surface area contributed by atoms with Gasteiger partial charge < -0.3 is 10.1 Å². The van der Waals surface area contributed by atoms with Crippen molar-refractivity contribution in [2.45, 2.75) is 88.8 Å². The monoisotopic (exact) mass is 581 g/mol. The number of hydrogen-bond donors (Lipinski definition) is 2. The molecular formula is C29H35N5O4S2. The molecule has 0 radical (unpaired) electrons. The first-order chi connectivity index (χ1) is 18.8. The van der Waals surface area contributed by atoms with Gasteiger partial charge in [-0.05, 0) is 84.1 Å². The number of sulfonamides is 1. The van der Waals surface area contributed by atoms with Gasteiger partial charge in [0.15, 0.2) is 0 Å². The molecule has 11 heteroatoms. The number of amides is 1. The van der Waals surface area contributed by atoms with E-state index in [1.54, 1.807) is 51.4 Å². The first-order valence-electron chi connectivity index (χ1n) is 13.3. The molecule has 0 spiro atoms. The number of ether oxygens (including phenoxy) is 1. The highest BCUT2D eigenvalue weighted by molar-refractivity contribution is 7.89. The summed E-state index contributed by atoms with van der Waals surface area (Å²) < 4.78 is 35.2. The third-order valence-corrected chi connectivity index (χ3v) is 9.44. The summed E-state index contributed by atoms with van der Waals surface area (Å²) in [5.41, 5.74) is 1.60. The number of aromatic nitrogens is 2. The predicted octanol–water partition coefficient (Wildman–Crippen LogP) is 5.98. The van der Waals surface area contributed by atoms with Crippen LogP contribution in [0.3, 0.4) is 0 Å². The van der Waals surface area contributed by atoms with Gasteiger partial charge >= 0.3 is 6.09 Å². The second-order valence-electron chi connectivity index (χ2n) is 11.3. The van der Waals surface area contributed by atoms with Crippen LogP contribution in [0.4, 0.5) is 4.79 Å².